The Labute approximate surface area is 153 Å². The zero-order chi connectivity index (χ0) is 18.1. The molecule has 2 heterocycles. The smallest absolute Gasteiger partial charge is 0.263 e. The van der Waals surface area contributed by atoms with Crippen LogP contribution >= 0.6 is 0 Å². The first kappa shape index (κ1) is 16.9. The number of carbonyl (C=O) groups is 1. The van der Waals surface area contributed by atoms with Crippen LogP contribution in [0.15, 0.2) is 47.4 Å². The summed E-state index contributed by atoms with van der Waals surface area (Å²) in [4.78, 5) is 27.8. The molecule has 4 rings (SSSR count). The summed E-state index contributed by atoms with van der Waals surface area (Å²) in [5.74, 6) is -0.222. The van der Waals surface area contributed by atoms with Gasteiger partial charge in [-0.2, -0.15) is 0 Å². The molecule has 1 saturated heterocycles. The summed E-state index contributed by atoms with van der Waals surface area (Å²) in [5.41, 5.74) is 2.14. The van der Waals surface area contributed by atoms with E-state index >= 15 is 0 Å². The molecule has 2 aromatic rings. The van der Waals surface area contributed by atoms with Crippen molar-refractivity contribution >= 4 is 11.6 Å². The summed E-state index contributed by atoms with van der Waals surface area (Å²) in [6.07, 6.45) is 5.67. The van der Waals surface area contributed by atoms with Crippen LogP contribution in [-0.2, 0) is 0 Å². The van der Waals surface area contributed by atoms with Crippen molar-refractivity contribution in [2.24, 2.45) is 0 Å². The second kappa shape index (κ2) is 6.98. The highest BCUT2D eigenvalue weighted by atomic mass is 16.2. The number of aromatic nitrogens is 1. The summed E-state index contributed by atoms with van der Waals surface area (Å²) < 4.78 is 1.72. The van der Waals surface area contributed by atoms with E-state index < -0.39 is 0 Å². The quantitative estimate of drug-likeness (QED) is 0.921. The average molecular weight is 351 g/mol. The van der Waals surface area contributed by atoms with E-state index in [4.69, 9.17) is 0 Å². The van der Waals surface area contributed by atoms with Gasteiger partial charge in [-0.3, -0.25) is 9.59 Å². The molecule has 1 amide bonds. The Kier molecular flexibility index (Phi) is 4.53. The Balaban J connectivity index is 1.42. The third kappa shape index (κ3) is 3.39. The minimum absolute atomic E-state index is 0.121. The molecular weight excluding hydrogens is 326 g/mol. The van der Waals surface area contributed by atoms with Gasteiger partial charge in [-0.15, -0.1) is 0 Å². The highest BCUT2D eigenvalue weighted by Gasteiger charge is 2.28. The number of aryl methyl sites for hydroxylation is 1. The normalized spacial score (nSPS) is 18.0. The van der Waals surface area contributed by atoms with Crippen molar-refractivity contribution in [3.05, 3.63) is 64.1 Å². The van der Waals surface area contributed by atoms with Gasteiger partial charge in [0, 0.05) is 37.1 Å². The Morgan fingerprint density at radius 2 is 1.73 bits per heavy atom. The molecule has 1 aliphatic carbocycles. The van der Waals surface area contributed by atoms with Gasteiger partial charge in [0.1, 0.15) is 5.56 Å². The van der Waals surface area contributed by atoms with Gasteiger partial charge >= 0.3 is 0 Å². The molecule has 2 fully saturated rings. The van der Waals surface area contributed by atoms with Crippen molar-refractivity contribution in [1.82, 2.24) is 9.88 Å². The molecule has 2 aliphatic rings. The minimum Gasteiger partial charge on any atom is -0.371 e. The Hall–Kier alpha value is -2.56. The zero-order valence-corrected chi connectivity index (χ0v) is 15.1. The van der Waals surface area contributed by atoms with Crippen LogP contribution in [0.5, 0.6) is 0 Å². The molecule has 0 atom stereocenters. The van der Waals surface area contributed by atoms with Crippen LogP contribution in [-0.4, -0.2) is 29.6 Å². The third-order valence-corrected chi connectivity index (χ3v) is 5.45. The first-order valence-electron chi connectivity index (χ1n) is 9.46. The van der Waals surface area contributed by atoms with Crippen molar-refractivity contribution in [2.45, 2.75) is 44.7 Å². The molecule has 1 aromatic carbocycles. The van der Waals surface area contributed by atoms with Crippen LogP contribution in [0.3, 0.4) is 0 Å². The highest BCUT2D eigenvalue weighted by Crippen LogP contribution is 2.33. The van der Waals surface area contributed by atoms with Gasteiger partial charge in [0.15, 0.2) is 0 Å². The first-order chi connectivity index (χ1) is 12.6. The number of anilines is 1. The minimum atomic E-state index is -0.222. The number of benzene rings is 1. The number of para-hydroxylation sites is 1. The SMILES string of the molecule is Cc1ccn(C2CC2)c(=O)c1C(=O)NC1CCN(c2ccccc2)CC1. The standard InChI is InChI=1S/C21H25N3O2/c1-15-9-14-24(18-7-8-18)21(26)19(15)20(25)22-16-10-12-23(13-11-16)17-5-3-2-4-6-17/h2-6,9,14,16,18H,7-8,10-13H2,1H3,(H,22,25). The molecule has 1 aliphatic heterocycles. The van der Waals surface area contributed by atoms with Gasteiger partial charge in [-0.25, -0.2) is 0 Å². The maximum Gasteiger partial charge on any atom is 0.263 e. The van der Waals surface area contributed by atoms with E-state index in [1.54, 1.807) is 4.57 Å². The lowest BCUT2D eigenvalue weighted by molar-refractivity contribution is 0.0928. The summed E-state index contributed by atoms with van der Waals surface area (Å²) >= 11 is 0. The van der Waals surface area contributed by atoms with Crippen molar-refractivity contribution in [2.75, 3.05) is 18.0 Å². The molecule has 0 spiro atoms. The van der Waals surface area contributed by atoms with Crippen LogP contribution < -0.4 is 15.8 Å². The second-order valence-corrected chi connectivity index (χ2v) is 7.39. The predicted molar refractivity (Wildman–Crippen MR) is 103 cm³/mol. The lowest BCUT2D eigenvalue weighted by Crippen LogP contribution is -2.46. The van der Waals surface area contributed by atoms with Crippen LogP contribution in [0.4, 0.5) is 5.69 Å². The molecule has 1 N–H and O–H groups in total. The topological polar surface area (TPSA) is 54.3 Å². The molecule has 5 heteroatoms. The molecule has 136 valence electrons. The molecule has 1 saturated carbocycles. The van der Waals surface area contributed by atoms with Gasteiger partial charge in [-0.05, 0) is 56.4 Å². The lowest BCUT2D eigenvalue weighted by atomic mass is 10.0. The molecule has 1 aromatic heterocycles. The highest BCUT2D eigenvalue weighted by molar-refractivity contribution is 5.95. The van der Waals surface area contributed by atoms with Crippen LogP contribution in [0.2, 0.25) is 0 Å². The number of rotatable bonds is 4. The van der Waals surface area contributed by atoms with E-state index in [1.807, 2.05) is 37.4 Å². The molecule has 0 unspecified atom stereocenters. The summed E-state index contributed by atoms with van der Waals surface area (Å²) in [7, 11) is 0. The number of pyridine rings is 1. The fraction of sp³-hybridized carbons (Fsp3) is 0.429. The summed E-state index contributed by atoms with van der Waals surface area (Å²) in [5, 5.41) is 3.10. The number of hydrogen-bond acceptors (Lipinski definition) is 3. The number of amides is 1. The monoisotopic (exact) mass is 351 g/mol. The van der Waals surface area contributed by atoms with Crippen LogP contribution in [0.25, 0.3) is 0 Å². The van der Waals surface area contributed by atoms with Gasteiger partial charge in [0.05, 0.1) is 0 Å². The fourth-order valence-electron chi connectivity index (χ4n) is 3.74. The van der Waals surface area contributed by atoms with E-state index in [1.165, 1.54) is 5.69 Å². The van der Waals surface area contributed by atoms with E-state index in [9.17, 15) is 9.59 Å². The Bertz CT molecular complexity index is 847. The Morgan fingerprint density at radius 3 is 2.38 bits per heavy atom. The van der Waals surface area contributed by atoms with E-state index in [2.05, 4.69) is 22.3 Å². The average Bonchev–Trinajstić information content (AvgIpc) is 3.48. The van der Waals surface area contributed by atoms with E-state index in [0.29, 0.717) is 5.56 Å². The van der Waals surface area contributed by atoms with Gasteiger partial charge in [0.2, 0.25) is 0 Å². The molecule has 0 radical (unpaired) electrons. The third-order valence-electron chi connectivity index (χ3n) is 5.45. The lowest BCUT2D eigenvalue weighted by Gasteiger charge is -2.34. The first-order valence-corrected chi connectivity index (χ1v) is 9.46. The van der Waals surface area contributed by atoms with Crippen molar-refractivity contribution < 1.29 is 4.79 Å². The summed E-state index contributed by atoms with van der Waals surface area (Å²) in [6.45, 7) is 3.66. The van der Waals surface area contributed by atoms with Crippen molar-refractivity contribution in [1.29, 1.82) is 0 Å². The van der Waals surface area contributed by atoms with E-state index in [-0.39, 0.29) is 23.6 Å². The largest absolute Gasteiger partial charge is 0.371 e. The van der Waals surface area contributed by atoms with Crippen LogP contribution in [0, 0.1) is 6.92 Å². The number of nitrogens with one attached hydrogen (secondary N) is 1. The predicted octanol–water partition coefficient (Wildman–Crippen LogP) is 2.89. The maximum atomic E-state index is 12.8. The van der Waals surface area contributed by atoms with Gasteiger partial charge in [-0.1, -0.05) is 18.2 Å². The maximum absolute atomic E-state index is 12.8. The molecule has 26 heavy (non-hydrogen) atoms. The number of hydrogen-bond donors (Lipinski definition) is 1. The fourth-order valence-corrected chi connectivity index (χ4v) is 3.74. The number of carbonyl (C=O) groups excluding carboxylic acids is 1. The zero-order valence-electron chi connectivity index (χ0n) is 15.1. The van der Waals surface area contributed by atoms with Gasteiger partial charge < -0.3 is 14.8 Å². The summed E-state index contributed by atoms with van der Waals surface area (Å²) in [6, 6.07) is 12.6. The molecular formula is C21H25N3O2. The number of piperidine rings is 1. The molecule has 5 nitrogen and oxygen atoms in total. The molecule has 0 bridgehead atoms. The van der Waals surface area contributed by atoms with Crippen molar-refractivity contribution in [3.8, 4) is 0 Å². The van der Waals surface area contributed by atoms with E-state index in [0.717, 1.165) is 44.3 Å². The number of nitrogens with zero attached hydrogens (tertiary/aromatic N) is 2. The van der Waals surface area contributed by atoms with Crippen LogP contribution in [0.1, 0.15) is 47.6 Å². The van der Waals surface area contributed by atoms with Gasteiger partial charge in [0.25, 0.3) is 11.5 Å². The Morgan fingerprint density at radius 1 is 1.04 bits per heavy atom. The van der Waals surface area contributed by atoms with Crippen molar-refractivity contribution in [3.63, 3.8) is 0 Å². The second-order valence-electron chi connectivity index (χ2n) is 7.39.